The molecule has 1 atom stereocenters. The van der Waals surface area contributed by atoms with E-state index in [1.807, 2.05) is 12.1 Å². The van der Waals surface area contributed by atoms with Gasteiger partial charge in [0.1, 0.15) is 5.75 Å². The van der Waals surface area contributed by atoms with Crippen molar-refractivity contribution in [1.82, 2.24) is 5.32 Å². The molecule has 0 heterocycles. The molecule has 0 aromatic heterocycles. The average molecular weight is 264 g/mol. The van der Waals surface area contributed by atoms with Crippen LogP contribution in [0.25, 0.3) is 0 Å². The van der Waals surface area contributed by atoms with Gasteiger partial charge in [-0.25, -0.2) is 0 Å². The Bertz CT molecular complexity index is 407. The molecule has 4 heteroatoms. The third kappa shape index (κ3) is 4.91. The average Bonchev–Trinajstić information content (AvgIpc) is 2.33. The summed E-state index contributed by atoms with van der Waals surface area (Å²) in [5.74, 6) is 0.460. The number of nitrogens with one attached hydrogen (secondary N) is 1. The van der Waals surface area contributed by atoms with Crippen LogP contribution in [0.4, 0.5) is 0 Å². The first-order valence-corrected chi connectivity index (χ1v) is 6.54. The highest BCUT2D eigenvalue weighted by atomic mass is 16.5. The van der Waals surface area contributed by atoms with Gasteiger partial charge in [0.05, 0.1) is 12.6 Å². The van der Waals surface area contributed by atoms with Crippen molar-refractivity contribution in [2.45, 2.75) is 38.6 Å². The number of amides is 1. The molecule has 4 nitrogen and oxygen atoms in total. The summed E-state index contributed by atoms with van der Waals surface area (Å²) in [5.41, 5.74) is 6.65. The van der Waals surface area contributed by atoms with E-state index in [1.165, 1.54) is 5.56 Å². The van der Waals surface area contributed by atoms with Crippen molar-refractivity contribution < 1.29 is 9.53 Å². The van der Waals surface area contributed by atoms with Crippen LogP contribution in [0.5, 0.6) is 5.75 Å². The molecule has 0 radical (unpaired) electrons. The minimum Gasteiger partial charge on any atom is -0.494 e. The normalized spacial score (nSPS) is 13.1. The van der Waals surface area contributed by atoms with Gasteiger partial charge in [-0.15, -0.1) is 0 Å². The minimum atomic E-state index is -0.353. The molecule has 19 heavy (non-hydrogen) atoms. The van der Waals surface area contributed by atoms with Crippen LogP contribution in [0.15, 0.2) is 24.3 Å². The van der Waals surface area contributed by atoms with Gasteiger partial charge in [0.2, 0.25) is 5.91 Å². The zero-order chi connectivity index (χ0) is 14.5. The number of hydrogen-bond donors (Lipinski definition) is 2. The van der Waals surface area contributed by atoms with Crippen molar-refractivity contribution in [1.29, 1.82) is 0 Å². The summed E-state index contributed by atoms with van der Waals surface area (Å²) in [4.78, 5) is 11.0. The van der Waals surface area contributed by atoms with Gasteiger partial charge in [0, 0.05) is 6.42 Å². The molecule has 1 unspecified atom stereocenters. The van der Waals surface area contributed by atoms with E-state index in [9.17, 15) is 4.79 Å². The third-order valence-electron chi connectivity index (χ3n) is 3.09. The summed E-state index contributed by atoms with van der Waals surface area (Å²) in [6, 6.07) is 7.71. The predicted molar refractivity (Wildman–Crippen MR) is 77.3 cm³/mol. The lowest BCUT2D eigenvalue weighted by Gasteiger charge is -2.19. The Labute approximate surface area is 115 Å². The van der Waals surface area contributed by atoms with Crippen LogP contribution in [0, 0.1) is 0 Å². The molecular formula is C15H24N2O2. The number of nitrogens with two attached hydrogens (primary N) is 1. The Hall–Kier alpha value is -1.55. The van der Waals surface area contributed by atoms with Crippen molar-refractivity contribution in [3.05, 3.63) is 29.8 Å². The molecular weight excluding hydrogens is 240 g/mol. The summed E-state index contributed by atoms with van der Waals surface area (Å²) >= 11 is 0. The van der Waals surface area contributed by atoms with Crippen LogP contribution in [-0.2, 0) is 10.2 Å². The third-order valence-corrected chi connectivity index (χ3v) is 3.09. The van der Waals surface area contributed by atoms with Gasteiger partial charge in [0.25, 0.3) is 0 Å². The molecule has 0 bridgehead atoms. The van der Waals surface area contributed by atoms with Gasteiger partial charge in [0.15, 0.2) is 0 Å². The first kappa shape index (κ1) is 15.5. The Morgan fingerprint density at radius 3 is 2.32 bits per heavy atom. The van der Waals surface area contributed by atoms with Crippen molar-refractivity contribution in [3.63, 3.8) is 0 Å². The molecule has 1 aromatic rings. The lowest BCUT2D eigenvalue weighted by molar-refractivity contribution is -0.120. The van der Waals surface area contributed by atoms with E-state index < -0.39 is 0 Å². The highest BCUT2D eigenvalue weighted by Crippen LogP contribution is 2.24. The topological polar surface area (TPSA) is 64.3 Å². The van der Waals surface area contributed by atoms with Crippen LogP contribution in [-0.4, -0.2) is 25.6 Å². The van der Waals surface area contributed by atoms with Gasteiger partial charge >= 0.3 is 0 Å². The van der Waals surface area contributed by atoms with Gasteiger partial charge in [-0.2, -0.15) is 0 Å². The molecule has 0 aliphatic rings. The number of hydrogen-bond acceptors (Lipinski definition) is 3. The van der Waals surface area contributed by atoms with Crippen LogP contribution in [0.3, 0.4) is 0 Å². The van der Waals surface area contributed by atoms with Crippen molar-refractivity contribution in [2.75, 3.05) is 13.7 Å². The number of rotatable bonds is 6. The number of primary amides is 1. The fourth-order valence-electron chi connectivity index (χ4n) is 1.77. The quantitative estimate of drug-likeness (QED) is 0.824. The SMILES string of the molecule is CNC(CCOc1ccc(C(C)(C)C)cc1)C(N)=O. The van der Waals surface area contributed by atoms with Gasteiger partial charge in [-0.1, -0.05) is 32.9 Å². The van der Waals surface area contributed by atoms with E-state index in [2.05, 4.69) is 38.2 Å². The molecule has 0 saturated carbocycles. The zero-order valence-corrected chi connectivity index (χ0v) is 12.2. The van der Waals surface area contributed by atoms with Crippen LogP contribution < -0.4 is 15.8 Å². The molecule has 0 aliphatic heterocycles. The lowest BCUT2D eigenvalue weighted by Crippen LogP contribution is -2.40. The summed E-state index contributed by atoms with van der Waals surface area (Å²) in [7, 11) is 1.72. The largest absolute Gasteiger partial charge is 0.494 e. The second kappa shape index (κ2) is 6.57. The molecule has 0 aliphatic carbocycles. The Morgan fingerprint density at radius 2 is 1.89 bits per heavy atom. The molecule has 0 saturated heterocycles. The van der Waals surface area contributed by atoms with E-state index >= 15 is 0 Å². The lowest BCUT2D eigenvalue weighted by atomic mass is 9.87. The molecule has 3 N–H and O–H groups in total. The van der Waals surface area contributed by atoms with Crippen molar-refractivity contribution >= 4 is 5.91 Å². The number of carbonyl (C=O) groups is 1. The first-order chi connectivity index (χ1) is 8.84. The maximum Gasteiger partial charge on any atom is 0.234 e. The molecule has 1 aromatic carbocycles. The number of ether oxygens (including phenoxy) is 1. The van der Waals surface area contributed by atoms with E-state index in [0.717, 1.165) is 5.75 Å². The number of likely N-dealkylation sites (N-methyl/N-ethyl adjacent to an activating group) is 1. The molecule has 106 valence electrons. The summed E-state index contributed by atoms with van der Waals surface area (Å²) < 4.78 is 5.61. The number of carbonyl (C=O) groups excluding carboxylic acids is 1. The fourth-order valence-corrected chi connectivity index (χ4v) is 1.77. The van der Waals surface area contributed by atoms with E-state index in [4.69, 9.17) is 10.5 Å². The second-order valence-electron chi connectivity index (χ2n) is 5.66. The monoisotopic (exact) mass is 264 g/mol. The highest BCUT2D eigenvalue weighted by Gasteiger charge is 2.14. The first-order valence-electron chi connectivity index (χ1n) is 6.54. The summed E-state index contributed by atoms with van der Waals surface area (Å²) in [6.45, 7) is 6.98. The Balaban J connectivity index is 2.49. The summed E-state index contributed by atoms with van der Waals surface area (Å²) in [6.07, 6.45) is 0.562. The maximum atomic E-state index is 11.0. The van der Waals surface area contributed by atoms with E-state index in [-0.39, 0.29) is 17.4 Å². The van der Waals surface area contributed by atoms with E-state index in [1.54, 1.807) is 7.05 Å². The van der Waals surface area contributed by atoms with Crippen molar-refractivity contribution in [3.8, 4) is 5.75 Å². The van der Waals surface area contributed by atoms with Crippen molar-refractivity contribution in [2.24, 2.45) is 5.73 Å². The Morgan fingerprint density at radius 1 is 1.32 bits per heavy atom. The predicted octanol–water partition coefficient (Wildman–Crippen LogP) is 1.83. The van der Waals surface area contributed by atoms with Crippen LogP contribution >= 0.6 is 0 Å². The fraction of sp³-hybridized carbons (Fsp3) is 0.533. The van der Waals surface area contributed by atoms with E-state index in [0.29, 0.717) is 13.0 Å². The summed E-state index contributed by atoms with van der Waals surface area (Å²) in [5, 5.41) is 2.86. The van der Waals surface area contributed by atoms with Gasteiger partial charge < -0.3 is 15.8 Å². The zero-order valence-electron chi connectivity index (χ0n) is 12.2. The smallest absolute Gasteiger partial charge is 0.234 e. The highest BCUT2D eigenvalue weighted by molar-refractivity contribution is 5.79. The molecule has 0 fully saturated rings. The minimum absolute atomic E-state index is 0.141. The molecule has 0 spiro atoms. The second-order valence-corrected chi connectivity index (χ2v) is 5.66. The van der Waals surface area contributed by atoms with Crippen LogP contribution in [0.2, 0.25) is 0 Å². The Kier molecular flexibility index (Phi) is 5.36. The van der Waals surface area contributed by atoms with Gasteiger partial charge in [-0.3, -0.25) is 4.79 Å². The molecule has 1 amide bonds. The van der Waals surface area contributed by atoms with Crippen LogP contribution in [0.1, 0.15) is 32.8 Å². The standard InChI is InChI=1S/C15H24N2O2/c1-15(2,3)11-5-7-12(8-6-11)19-10-9-13(17-4)14(16)18/h5-8,13,17H,9-10H2,1-4H3,(H2,16,18). The number of benzene rings is 1. The maximum absolute atomic E-state index is 11.0. The van der Waals surface area contributed by atoms with Gasteiger partial charge in [-0.05, 0) is 30.2 Å². The molecule has 1 rings (SSSR count).